The average Bonchev–Trinajstić information content (AvgIpc) is 3.06. The molecule has 1 aromatic carbocycles. The van der Waals surface area contributed by atoms with Gasteiger partial charge in [-0.1, -0.05) is 11.6 Å². The van der Waals surface area contributed by atoms with Crippen LogP contribution in [0.4, 0.5) is 14.7 Å². The van der Waals surface area contributed by atoms with Crippen LogP contribution in [-0.4, -0.2) is 44.8 Å². The molecule has 30 heavy (non-hydrogen) atoms. The number of benzene rings is 1. The van der Waals surface area contributed by atoms with Gasteiger partial charge in [0.1, 0.15) is 0 Å². The molecule has 2 aromatic rings. The highest BCUT2D eigenvalue weighted by molar-refractivity contribution is 6.30. The third-order valence-electron chi connectivity index (χ3n) is 6.37. The zero-order valence-corrected chi connectivity index (χ0v) is 16.7. The number of amides is 1. The molecule has 2 fully saturated rings. The molecule has 9 heteroatoms. The van der Waals surface area contributed by atoms with Crippen molar-refractivity contribution >= 4 is 23.5 Å². The van der Waals surface area contributed by atoms with Crippen LogP contribution in [0.25, 0.3) is 0 Å². The highest BCUT2D eigenvalue weighted by Gasteiger charge is 2.64. The Morgan fingerprint density at radius 1 is 1.27 bits per heavy atom. The third-order valence-corrected chi connectivity index (χ3v) is 6.59. The van der Waals surface area contributed by atoms with Crippen LogP contribution in [0.5, 0.6) is 0 Å². The molecule has 154 valence electrons. The summed E-state index contributed by atoms with van der Waals surface area (Å²) in [4.78, 5) is 22.7. The Hall–Kier alpha value is -2.79. The minimum Gasteiger partial charge on any atom is -0.351 e. The lowest BCUT2D eigenvalue weighted by Crippen LogP contribution is -2.71. The van der Waals surface area contributed by atoms with Gasteiger partial charge in [0.25, 0.3) is 11.8 Å². The monoisotopic (exact) mass is 429 g/mol. The van der Waals surface area contributed by atoms with Crippen molar-refractivity contribution < 1.29 is 13.6 Å². The van der Waals surface area contributed by atoms with E-state index < -0.39 is 11.5 Å². The first kappa shape index (κ1) is 19.2. The number of anilines is 1. The zero-order valence-electron chi connectivity index (χ0n) is 16.0. The number of rotatable bonds is 3. The minimum absolute atomic E-state index is 0.0166. The van der Waals surface area contributed by atoms with E-state index in [0.717, 1.165) is 11.1 Å². The minimum atomic E-state index is -2.67. The molecular weight excluding hydrogens is 412 g/mol. The molecule has 1 atom stereocenters. The van der Waals surface area contributed by atoms with Crippen LogP contribution < -0.4 is 5.32 Å². The van der Waals surface area contributed by atoms with Crippen molar-refractivity contribution in [2.24, 2.45) is 0 Å². The zero-order chi connectivity index (χ0) is 21.1. The molecule has 1 saturated carbocycles. The van der Waals surface area contributed by atoms with E-state index in [1.54, 1.807) is 6.07 Å². The SMILES string of the molecule is N#Cc1cc(Cl)cc2c1CC(Nc1ncc(C(=O)N3CCC34CC(F)(F)C4)cn1)C2. The standard InChI is InChI=1S/C21H18ClF2N5O/c22-15-3-12-5-16(6-17(12)13(4-15)7-25)28-19-26-8-14(9-27-19)18(30)29-2-1-20(29)10-21(23,24)11-20/h3-4,8-9,16H,1-2,5-6,10-11H2,(H,26,27,28). The number of nitriles is 1. The molecule has 2 aliphatic carbocycles. The second-order valence-corrected chi connectivity index (χ2v) is 8.82. The fourth-order valence-corrected chi connectivity index (χ4v) is 5.13. The summed E-state index contributed by atoms with van der Waals surface area (Å²) in [6.07, 6.45) is 4.31. The van der Waals surface area contributed by atoms with Crippen molar-refractivity contribution in [3.63, 3.8) is 0 Å². The van der Waals surface area contributed by atoms with Gasteiger partial charge in [-0.3, -0.25) is 4.79 Å². The summed E-state index contributed by atoms with van der Waals surface area (Å²) in [6, 6.07) is 5.74. The molecule has 1 aliphatic heterocycles. The van der Waals surface area contributed by atoms with E-state index in [2.05, 4.69) is 21.4 Å². The molecule has 1 N–H and O–H groups in total. The number of alkyl halides is 2. The molecule has 1 amide bonds. The number of nitrogens with zero attached hydrogens (tertiary/aromatic N) is 4. The summed E-state index contributed by atoms with van der Waals surface area (Å²) in [6.45, 7) is 0.485. The first-order chi connectivity index (χ1) is 14.3. The fraction of sp³-hybridized carbons (Fsp3) is 0.429. The van der Waals surface area contributed by atoms with Crippen LogP contribution in [0.2, 0.25) is 5.02 Å². The van der Waals surface area contributed by atoms with Crippen molar-refractivity contribution in [1.82, 2.24) is 14.9 Å². The van der Waals surface area contributed by atoms with Gasteiger partial charge in [-0.25, -0.2) is 18.7 Å². The third kappa shape index (κ3) is 3.08. The summed E-state index contributed by atoms with van der Waals surface area (Å²) in [5.74, 6) is -2.59. The topological polar surface area (TPSA) is 81.9 Å². The highest BCUT2D eigenvalue weighted by atomic mass is 35.5. The van der Waals surface area contributed by atoms with Gasteiger partial charge >= 0.3 is 0 Å². The lowest BCUT2D eigenvalue weighted by Gasteiger charge is -2.60. The van der Waals surface area contributed by atoms with Crippen LogP contribution in [0.3, 0.4) is 0 Å². The predicted octanol–water partition coefficient (Wildman–Crippen LogP) is 3.59. The second-order valence-electron chi connectivity index (χ2n) is 8.39. The van der Waals surface area contributed by atoms with Gasteiger partial charge in [-0.05, 0) is 42.5 Å². The molecule has 2 heterocycles. The van der Waals surface area contributed by atoms with E-state index in [1.807, 2.05) is 6.07 Å². The summed E-state index contributed by atoms with van der Waals surface area (Å²) < 4.78 is 26.6. The summed E-state index contributed by atoms with van der Waals surface area (Å²) in [5, 5.41) is 13.1. The Labute approximate surface area is 176 Å². The first-order valence-electron chi connectivity index (χ1n) is 9.78. The molecule has 6 nitrogen and oxygen atoms in total. The van der Waals surface area contributed by atoms with Crippen LogP contribution >= 0.6 is 11.6 Å². The van der Waals surface area contributed by atoms with Crippen molar-refractivity contribution in [3.05, 3.63) is 51.8 Å². The summed E-state index contributed by atoms with van der Waals surface area (Å²) in [7, 11) is 0. The lowest BCUT2D eigenvalue weighted by molar-refractivity contribution is -0.198. The predicted molar refractivity (Wildman–Crippen MR) is 106 cm³/mol. The number of hydrogen-bond acceptors (Lipinski definition) is 5. The summed E-state index contributed by atoms with van der Waals surface area (Å²) >= 11 is 6.08. The quantitative estimate of drug-likeness (QED) is 0.806. The number of fused-ring (bicyclic) bond motifs is 1. The highest BCUT2D eigenvalue weighted by Crippen LogP contribution is 2.55. The number of aromatic nitrogens is 2. The van der Waals surface area contributed by atoms with Crippen LogP contribution in [0.1, 0.15) is 46.3 Å². The van der Waals surface area contributed by atoms with Crippen LogP contribution in [0, 0.1) is 11.3 Å². The maximum absolute atomic E-state index is 13.3. The normalized spacial score (nSPS) is 22.6. The molecule has 0 radical (unpaired) electrons. The molecular formula is C21H18ClF2N5O. The Kier molecular flexibility index (Phi) is 4.23. The van der Waals surface area contributed by atoms with Gasteiger partial charge in [0.15, 0.2) is 0 Å². The molecule has 1 spiro atoms. The Morgan fingerprint density at radius 3 is 2.60 bits per heavy atom. The largest absolute Gasteiger partial charge is 0.351 e. The number of carbonyl (C=O) groups excluding carboxylic acids is 1. The second kappa shape index (κ2) is 6.61. The van der Waals surface area contributed by atoms with Crippen LogP contribution in [-0.2, 0) is 12.8 Å². The number of carbonyl (C=O) groups is 1. The van der Waals surface area contributed by atoms with Crippen LogP contribution in [0.15, 0.2) is 24.5 Å². The molecule has 5 rings (SSSR count). The molecule has 3 aliphatic rings. The van der Waals surface area contributed by atoms with Gasteiger partial charge in [0.05, 0.1) is 22.7 Å². The molecule has 1 aromatic heterocycles. The molecule has 1 saturated heterocycles. The maximum Gasteiger partial charge on any atom is 0.257 e. The number of hydrogen-bond donors (Lipinski definition) is 1. The maximum atomic E-state index is 13.3. The van der Waals surface area contributed by atoms with E-state index in [9.17, 15) is 18.8 Å². The van der Waals surface area contributed by atoms with Crippen molar-refractivity contribution in [2.75, 3.05) is 11.9 Å². The van der Waals surface area contributed by atoms with Gasteiger partial charge < -0.3 is 10.2 Å². The van der Waals surface area contributed by atoms with Crippen molar-refractivity contribution in [2.45, 2.75) is 49.6 Å². The van der Waals surface area contributed by atoms with Gasteiger partial charge in [0.2, 0.25) is 5.95 Å². The van der Waals surface area contributed by atoms with Crippen molar-refractivity contribution in [3.8, 4) is 6.07 Å². The van der Waals surface area contributed by atoms with Gasteiger partial charge in [-0.2, -0.15) is 5.26 Å². The first-order valence-corrected chi connectivity index (χ1v) is 10.2. The smallest absolute Gasteiger partial charge is 0.257 e. The van der Waals surface area contributed by atoms with Gasteiger partial charge in [-0.15, -0.1) is 0 Å². The van der Waals surface area contributed by atoms with E-state index >= 15 is 0 Å². The molecule has 0 bridgehead atoms. The van der Waals surface area contributed by atoms with E-state index in [4.69, 9.17) is 11.6 Å². The Bertz CT molecular complexity index is 1070. The van der Waals surface area contributed by atoms with E-state index in [-0.39, 0.29) is 24.8 Å². The Morgan fingerprint density at radius 2 is 2.00 bits per heavy atom. The van der Waals surface area contributed by atoms with E-state index in [0.29, 0.717) is 47.9 Å². The Balaban J connectivity index is 1.24. The number of halogens is 3. The van der Waals surface area contributed by atoms with Gasteiger partial charge in [0, 0.05) is 42.8 Å². The summed E-state index contributed by atoms with van der Waals surface area (Å²) in [5.41, 5.74) is 2.19. The fourth-order valence-electron chi connectivity index (χ4n) is 4.89. The molecule has 1 unspecified atom stereocenters. The lowest BCUT2D eigenvalue weighted by atomic mass is 9.65. The van der Waals surface area contributed by atoms with E-state index in [1.165, 1.54) is 17.3 Å². The average molecular weight is 430 g/mol. The van der Waals surface area contributed by atoms with Crippen molar-refractivity contribution in [1.29, 1.82) is 5.26 Å². The number of likely N-dealkylation sites (tertiary alicyclic amines) is 1. The number of nitrogens with one attached hydrogen (secondary N) is 1.